The normalized spacial score (nSPS) is 20.4. The smallest absolute Gasteiger partial charge is 0.407 e. The molecule has 3 aromatic carbocycles. The van der Waals surface area contributed by atoms with E-state index in [1.807, 2.05) is 30.3 Å². The number of carbonyl (C=O) groups excluding carboxylic acids is 1. The highest BCUT2D eigenvalue weighted by atomic mass is 16.5. The second-order valence-corrected chi connectivity index (χ2v) is 10.3. The third-order valence-electron chi connectivity index (χ3n) is 7.61. The molecule has 0 bridgehead atoms. The molecule has 0 saturated carbocycles. The maximum Gasteiger partial charge on any atom is 0.407 e. The van der Waals surface area contributed by atoms with Crippen LogP contribution >= 0.6 is 0 Å². The van der Waals surface area contributed by atoms with Crippen molar-refractivity contribution in [2.45, 2.75) is 31.2 Å². The SMILES string of the molecule is O=C(N[C@H]1COc2cc(N3CCN(Cc4ccccc4)C4(COC4)C3)ccc2C1)OCc1ccccc1. The Balaban J connectivity index is 1.05. The third-order valence-corrected chi connectivity index (χ3v) is 7.61. The zero-order chi connectivity index (χ0) is 25.1. The number of benzene rings is 3. The predicted octanol–water partition coefficient (Wildman–Crippen LogP) is 4.01. The molecule has 1 spiro atoms. The third kappa shape index (κ3) is 5.29. The summed E-state index contributed by atoms with van der Waals surface area (Å²) in [6, 6.07) is 26.7. The van der Waals surface area contributed by atoms with Gasteiger partial charge in [0.05, 0.1) is 24.8 Å². The number of hydrogen-bond acceptors (Lipinski definition) is 6. The van der Waals surface area contributed by atoms with Gasteiger partial charge in [-0.25, -0.2) is 4.79 Å². The number of amides is 1. The van der Waals surface area contributed by atoms with E-state index >= 15 is 0 Å². The fourth-order valence-corrected chi connectivity index (χ4v) is 5.48. The van der Waals surface area contributed by atoms with Crippen LogP contribution in [-0.2, 0) is 29.0 Å². The first-order valence-corrected chi connectivity index (χ1v) is 13.0. The van der Waals surface area contributed by atoms with Crippen LogP contribution in [0.2, 0.25) is 0 Å². The van der Waals surface area contributed by atoms with E-state index in [0.717, 1.165) is 62.7 Å². The zero-order valence-electron chi connectivity index (χ0n) is 21.0. The Morgan fingerprint density at radius 2 is 1.73 bits per heavy atom. The molecule has 6 rings (SSSR count). The van der Waals surface area contributed by atoms with Crippen LogP contribution in [-0.4, -0.2) is 62.0 Å². The van der Waals surface area contributed by atoms with Gasteiger partial charge in [-0.05, 0) is 29.2 Å². The molecule has 0 aliphatic carbocycles. The fraction of sp³-hybridized carbons (Fsp3) is 0.367. The Morgan fingerprint density at radius 3 is 2.46 bits per heavy atom. The van der Waals surface area contributed by atoms with Gasteiger partial charge in [-0.2, -0.15) is 0 Å². The molecule has 3 aromatic rings. The number of nitrogens with one attached hydrogen (secondary N) is 1. The van der Waals surface area contributed by atoms with E-state index < -0.39 is 6.09 Å². The van der Waals surface area contributed by atoms with E-state index in [1.54, 1.807) is 0 Å². The summed E-state index contributed by atoms with van der Waals surface area (Å²) in [5.74, 6) is 0.902. The molecule has 3 aliphatic heterocycles. The lowest BCUT2D eigenvalue weighted by Crippen LogP contribution is -2.71. The number of anilines is 1. The first-order valence-electron chi connectivity index (χ1n) is 13.0. The lowest BCUT2D eigenvalue weighted by Gasteiger charge is -2.55. The Kier molecular flexibility index (Phi) is 6.72. The van der Waals surface area contributed by atoms with Crippen LogP contribution in [0.3, 0.4) is 0 Å². The van der Waals surface area contributed by atoms with E-state index in [-0.39, 0.29) is 18.2 Å². The summed E-state index contributed by atoms with van der Waals surface area (Å²) in [6.45, 7) is 6.07. The number of ether oxygens (including phenoxy) is 3. The van der Waals surface area contributed by atoms with Crippen molar-refractivity contribution in [3.63, 3.8) is 0 Å². The van der Waals surface area contributed by atoms with E-state index in [2.05, 4.69) is 63.6 Å². The monoisotopic (exact) mass is 499 g/mol. The highest BCUT2D eigenvalue weighted by molar-refractivity contribution is 5.68. The summed E-state index contributed by atoms with van der Waals surface area (Å²) in [5, 5.41) is 2.94. The molecule has 37 heavy (non-hydrogen) atoms. The van der Waals surface area contributed by atoms with Gasteiger partial charge >= 0.3 is 6.09 Å². The fourth-order valence-electron chi connectivity index (χ4n) is 5.48. The molecule has 1 N–H and O–H groups in total. The summed E-state index contributed by atoms with van der Waals surface area (Å²) in [7, 11) is 0. The molecule has 2 fully saturated rings. The second-order valence-electron chi connectivity index (χ2n) is 10.3. The number of carbonyl (C=O) groups is 1. The molecule has 1 atom stereocenters. The van der Waals surface area contributed by atoms with E-state index in [1.165, 1.54) is 11.3 Å². The molecule has 192 valence electrons. The van der Waals surface area contributed by atoms with Gasteiger partial charge in [0, 0.05) is 37.9 Å². The molecule has 3 aliphatic rings. The highest BCUT2D eigenvalue weighted by Crippen LogP contribution is 2.36. The van der Waals surface area contributed by atoms with Crippen LogP contribution in [0.1, 0.15) is 16.7 Å². The van der Waals surface area contributed by atoms with Gasteiger partial charge in [0.2, 0.25) is 0 Å². The predicted molar refractivity (Wildman–Crippen MR) is 142 cm³/mol. The number of rotatable bonds is 6. The lowest BCUT2D eigenvalue weighted by molar-refractivity contribution is -0.146. The van der Waals surface area contributed by atoms with Crippen molar-refractivity contribution in [1.29, 1.82) is 0 Å². The maximum atomic E-state index is 12.3. The van der Waals surface area contributed by atoms with Crippen molar-refractivity contribution < 1.29 is 19.0 Å². The molecule has 0 unspecified atom stereocenters. The van der Waals surface area contributed by atoms with Crippen LogP contribution in [0.15, 0.2) is 78.9 Å². The molecular formula is C30H33N3O4. The standard InChI is InChI=1S/C30H33N3O4/c34-29(37-18-24-9-5-2-6-10-24)31-26-15-25-11-12-27(16-28(25)36-19-26)32-13-14-33(30(20-32)21-35-22-30)17-23-7-3-1-4-8-23/h1-12,16,26H,13-15,17-22H2,(H,31,34)/t26-/m1/s1. The first kappa shape index (κ1) is 23.8. The van der Waals surface area contributed by atoms with Crippen molar-refractivity contribution >= 4 is 11.8 Å². The summed E-state index contributed by atoms with van der Waals surface area (Å²) < 4.78 is 17.2. The summed E-state index contributed by atoms with van der Waals surface area (Å²) >= 11 is 0. The Morgan fingerprint density at radius 1 is 0.973 bits per heavy atom. The minimum atomic E-state index is -0.418. The summed E-state index contributed by atoms with van der Waals surface area (Å²) in [5.41, 5.74) is 4.65. The zero-order valence-corrected chi connectivity index (χ0v) is 21.0. The molecule has 0 aromatic heterocycles. The Bertz CT molecular complexity index is 1220. The number of alkyl carbamates (subject to hydrolysis) is 1. The molecule has 3 heterocycles. The van der Waals surface area contributed by atoms with Gasteiger partial charge < -0.3 is 24.4 Å². The first-order chi connectivity index (χ1) is 18.2. The molecule has 7 heteroatoms. The summed E-state index contributed by atoms with van der Waals surface area (Å²) in [4.78, 5) is 17.3. The lowest BCUT2D eigenvalue weighted by atomic mass is 9.90. The average Bonchev–Trinajstić information content (AvgIpc) is 2.92. The van der Waals surface area contributed by atoms with Crippen molar-refractivity contribution in [2.75, 3.05) is 44.4 Å². The van der Waals surface area contributed by atoms with Gasteiger partial charge in [-0.1, -0.05) is 66.7 Å². The Hall–Kier alpha value is -3.55. The minimum absolute atomic E-state index is 0.0555. The van der Waals surface area contributed by atoms with E-state index in [4.69, 9.17) is 14.2 Å². The van der Waals surface area contributed by atoms with E-state index in [9.17, 15) is 4.79 Å². The topological polar surface area (TPSA) is 63.3 Å². The van der Waals surface area contributed by atoms with Gasteiger partial charge in [0.25, 0.3) is 0 Å². The minimum Gasteiger partial charge on any atom is -0.491 e. The van der Waals surface area contributed by atoms with Crippen molar-refractivity contribution in [3.05, 3.63) is 95.6 Å². The maximum absolute atomic E-state index is 12.3. The molecule has 7 nitrogen and oxygen atoms in total. The Labute approximate surface area is 217 Å². The van der Waals surface area contributed by atoms with Gasteiger partial charge in [-0.3, -0.25) is 4.90 Å². The van der Waals surface area contributed by atoms with Crippen LogP contribution < -0.4 is 15.0 Å². The van der Waals surface area contributed by atoms with Crippen LogP contribution in [0.5, 0.6) is 5.75 Å². The van der Waals surface area contributed by atoms with Crippen molar-refractivity contribution in [1.82, 2.24) is 10.2 Å². The molecule has 1 amide bonds. The van der Waals surface area contributed by atoms with E-state index in [0.29, 0.717) is 6.61 Å². The molecular weight excluding hydrogens is 466 g/mol. The highest BCUT2D eigenvalue weighted by Gasteiger charge is 2.47. The number of fused-ring (bicyclic) bond motifs is 1. The van der Waals surface area contributed by atoms with Gasteiger partial charge in [0.15, 0.2) is 0 Å². The number of piperazine rings is 1. The van der Waals surface area contributed by atoms with Crippen LogP contribution in [0.25, 0.3) is 0 Å². The number of hydrogen-bond donors (Lipinski definition) is 1. The second kappa shape index (κ2) is 10.4. The quantitative estimate of drug-likeness (QED) is 0.553. The van der Waals surface area contributed by atoms with Gasteiger partial charge in [0.1, 0.15) is 19.0 Å². The van der Waals surface area contributed by atoms with Crippen LogP contribution in [0.4, 0.5) is 10.5 Å². The van der Waals surface area contributed by atoms with Crippen LogP contribution in [0, 0.1) is 0 Å². The summed E-state index contributed by atoms with van der Waals surface area (Å²) in [6.07, 6.45) is 0.303. The number of nitrogens with zero attached hydrogens (tertiary/aromatic N) is 2. The van der Waals surface area contributed by atoms with Crippen molar-refractivity contribution in [2.24, 2.45) is 0 Å². The van der Waals surface area contributed by atoms with Crippen molar-refractivity contribution in [3.8, 4) is 5.75 Å². The average molecular weight is 500 g/mol. The molecule has 0 radical (unpaired) electrons. The largest absolute Gasteiger partial charge is 0.491 e. The molecule has 2 saturated heterocycles. The van der Waals surface area contributed by atoms with Gasteiger partial charge in [-0.15, -0.1) is 0 Å².